The molecule has 0 fully saturated rings. The molecule has 0 heterocycles. The van der Waals surface area contributed by atoms with E-state index in [2.05, 4.69) is 24.5 Å². The fraction of sp³-hybridized carbons (Fsp3) is 0.533. The topological polar surface area (TPSA) is 50.4 Å². The molecule has 0 unspecified atom stereocenters. The van der Waals surface area contributed by atoms with E-state index in [1.54, 1.807) is 0 Å². The lowest BCUT2D eigenvalue weighted by molar-refractivity contribution is 0.238. The van der Waals surface area contributed by atoms with E-state index in [4.69, 9.17) is 4.74 Å². The highest BCUT2D eigenvalue weighted by Gasteiger charge is 2.00. The lowest BCUT2D eigenvalue weighted by Crippen LogP contribution is -2.38. The summed E-state index contributed by atoms with van der Waals surface area (Å²) in [6, 6.07) is 7.85. The number of amides is 2. The number of carbonyl (C=O) groups excluding carboxylic acids is 1. The Kier molecular flexibility index (Phi) is 6.79. The summed E-state index contributed by atoms with van der Waals surface area (Å²) in [4.78, 5) is 11.4. The largest absolute Gasteiger partial charge is 0.494 e. The van der Waals surface area contributed by atoms with Crippen LogP contribution >= 0.6 is 0 Å². The second-order valence-corrected chi connectivity index (χ2v) is 5.05. The molecule has 1 aromatic carbocycles. The molecule has 0 radical (unpaired) electrons. The molecule has 0 bridgehead atoms. The average Bonchev–Trinajstić information content (AvgIpc) is 2.38. The second-order valence-electron chi connectivity index (χ2n) is 5.05. The smallest absolute Gasteiger partial charge is 0.314 e. The van der Waals surface area contributed by atoms with Crippen LogP contribution in [0.2, 0.25) is 0 Å². The maximum absolute atomic E-state index is 11.4. The Bertz CT molecular complexity index is 374. The molecule has 1 rings (SSSR count). The minimum absolute atomic E-state index is 0.107. The van der Waals surface area contributed by atoms with Crippen molar-refractivity contribution in [2.24, 2.45) is 5.92 Å². The van der Waals surface area contributed by atoms with Gasteiger partial charge in [-0.15, -0.1) is 0 Å². The number of nitrogens with one attached hydrogen (secondary N) is 2. The van der Waals surface area contributed by atoms with Crippen molar-refractivity contribution in [3.8, 4) is 5.75 Å². The van der Waals surface area contributed by atoms with Gasteiger partial charge in [0.25, 0.3) is 0 Å². The molecule has 0 saturated heterocycles. The van der Waals surface area contributed by atoms with Crippen molar-refractivity contribution in [3.05, 3.63) is 29.8 Å². The van der Waals surface area contributed by atoms with Crippen molar-refractivity contribution in [1.82, 2.24) is 10.6 Å². The number of urea groups is 1. The van der Waals surface area contributed by atoms with Crippen LogP contribution in [0.4, 0.5) is 4.79 Å². The molecule has 2 amide bonds. The van der Waals surface area contributed by atoms with Gasteiger partial charge in [0.05, 0.1) is 6.61 Å². The maximum atomic E-state index is 11.4. The lowest BCUT2D eigenvalue weighted by atomic mass is 10.2. The molecule has 0 aliphatic rings. The minimum atomic E-state index is -0.107. The number of carbonyl (C=O) groups is 1. The van der Waals surface area contributed by atoms with E-state index in [0.717, 1.165) is 12.2 Å². The van der Waals surface area contributed by atoms with E-state index < -0.39 is 0 Å². The first-order chi connectivity index (χ1) is 9.08. The van der Waals surface area contributed by atoms with Crippen LogP contribution in [0.1, 0.15) is 25.8 Å². The molecule has 4 heteroatoms. The third kappa shape index (κ3) is 7.34. The molecule has 0 spiro atoms. The molecule has 2 N–H and O–H groups in total. The van der Waals surface area contributed by atoms with Crippen LogP contribution in [-0.4, -0.2) is 25.7 Å². The maximum Gasteiger partial charge on any atom is 0.314 e. The summed E-state index contributed by atoms with van der Waals surface area (Å²) in [5.74, 6) is 1.34. The third-order valence-corrected chi connectivity index (χ3v) is 2.57. The Hall–Kier alpha value is -1.71. The number of rotatable bonds is 7. The molecule has 0 saturated carbocycles. The second kappa shape index (κ2) is 8.40. The zero-order valence-electron chi connectivity index (χ0n) is 12.0. The third-order valence-electron chi connectivity index (χ3n) is 2.57. The summed E-state index contributed by atoms with van der Waals surface area (Å²) in [6.07, 6.45) is 0.795. The van der Waals surface area contributed by atoms with Gasteiger partial charge in [-0.25, -0.2) is 4.79 Å². The first kappa shape index (κ1) is 15.3. The van der Waals surface area contributed by atoms with Crippen molar-refractivity contribution >= 4 is 6.03 Å². The molecule has 0 aliphatic heterocycles. The number of aryl methyl sites for hydroxylation is 1. The Balaban J connectivity index is 2.05. The Morgan fingerprint density at radius 2 is 1.89 bits per heavy atom. The summed E-state index contributed by atoms with van der Waals surface area (Å²) < 4.78 is 5.57. The van der Waals surface area contributed by atoms with Crippen molar-refractivity contribution < 1.29 is 9.53 Å². The van der Waals surface area contributed by atoms with Gasteiger partial charge < -0.3 is 15.4 Å². The number of hydrogen-bond donors (Lipinski definition) is 2. The van der Waals surface area contributed by atoms with Crippen LogP contribution in [-0.2, 0) is 0 Å². The predicted octanol–water partition coefficient (Wildman–Crippen LogP) is 2.72. The van der Waals surface area contributed by atoms with Gasteiger partial charge >= 0.3 is 6.03 Å². The minimum Gasteiger partial charge on any atom is -0.494 e. The van der Waals surface area contributed by atoms with Crippen LogP contribution in [0.5, 0.6) is 5.75 Å². The molecule has 1 aromatic rings. The zero-order chi connectivity index (χ0) is 14.1. The van der Waals surface area contributed by atoms with E-state index >= 15 is 0 Å². The van der Waals surface area contributed by atoms with Crippen molar-refractivity contribution in [2.45, 2.75) is 27.2 Å². The van der Waals surface area contributed by atoms with Crippen LogP contribution in [0.25, 0.3) is 0 Å². The Morgan fingerprint density at radius 3 is 2.53 bits per heavy atom. The van der Waals surface area contributed by atoms with E-state index in [9.17, 15) is 4.79 Å². The number of benzene rings is 1. The number of ether oxygens (including phenoxy) is 1. The Labute approximate surface area is 115 Å². The van der Waals surface area contributed by atoms with Gasteiger partial charge in [-0.3, -0.25) is 0 Å². The van der Waals surface area contributed by atoms with Gasteiger partial charge in [-0.2, -0.15) is 0 Å². The van der Waals surface area contributed by atoms with Gasteiger partial charge in [-0.05, 0) is 31.4 Å². The predicted molar refractivity (Wildman–Crippen MR) is 77.5 cm³/mol. The standard InChI is InChI=1S/C15H24N2O2/c1-12(2)11-17-15(18)16-9-4-10-19-14-7-5-13(3)6-8-14/h5-8,12H,4,9-11H2,1-3H3,(H2,16,17,18). The molecular formula is C15H24N2O2. The van der Waals surface area contributed by atoms with Gasteiger partial charge in [0, 0.05) is 13.1 Å². The van der Waals surface area contributed by atoms with Crippen LogP contribution in [0.3, 0.4) is 0 Å². The van der Waals surface area contributed by atoms with Crippen molar-refractivity contribution in [3.63, 3.8) is 0 Å². The van der Waals surface area contributed by atoms with E-state index in [1.165, 1.54) is 5.56 Å². The first-order valence-electron chi connectivity index (χ1n) is 6.79. The summed E-state index contributed by atoms with van der Waals surface area (Å²) in [5, 5.41) is 5.61. The van der Waals surface area contributed by atoms with E-state index in [-0.39, 0.29) is 6.03 Å². The fourth-order valence-electron chi connectivity index (χ4n) is 1.46. The molecular weight excluding hydrogens is 240 g/mol. The highest BCUT2D eigenvalue weighted by Crippen LogP contribution is 2.11. The molecule has 0 aliphatic carbocycles. The Morgan fingerprint density at radius 1 is 1.21 bits per heavy atom. The highest BCUT2D eigenvalue weighted by atomic mass is 16.5. The molecule has 19 heavy (non-hydrogen) atoms. The summed E-state index contributed by atoms with van der Waals surface area (Å²) >= 11 is 0. The normalized spacial score (nSPS) is 10.3. The summed E-state index contributed by atoms with van der Waals surface area (Å²) in [6.45, 7) is 8.10. The average molecular weight is 264 g/mol. The molecule has 0 atom stereocenters. The van der Waals surface area contributed by atoms with Crippen LogP contribution in [0.15, 0.2) is 24.3 Å². The first-order valence-corrected chi connectivity index (χ1v) is 6.79. The van der Waals surface area contributed by atoms with E-state index in [0.29, 0.717) is 25.6 Å². The lowest BCUT2D eigenvalue weighted by Gasteiger charge is -2.10. The summed E-state index contributed by atoms with van der Waals surface area (Å²) in [5.41, 5.74) is 1.22. The SMILES string of the molecule is Cc1ccc(OCCCNC(=O)NCC(C)C)cc1. The van der Waals surface area contributed by atoms with Crippen LogP contribution in [0, 0.1) is 12.8 Å². The van der Waals surface area contributed by atoms with Gasteiger partial charge in [0.15, 0.2) is 0 Å². The van der Waals surface area contributed by atoms with Gasteiger partial charge in [0.1, 0.15) is 5.75 Å². The number of hydrogen-bond acceptors (Lipinski definition) is 2. The van der Waals surface area contributed by atoms with Gasteiger partial charge in [-0.1, -0.05) is 31.5 Å². The van der Waals surface area contributed by atoms with Crippen molar-refractivity contribution in [1.29, 1.82) is 0 Å². The fourth-order valence-corrected chi connectivity index (χ4v) is 1.46. The van der Waals surface area contributed by atoms with Crippen LogP contribution < -0.4 is 15.4 Å². The summed E-state index contributed by atoms with van der Waals surface area (Å²) in [7, 11) is 0. The van der Waals surface area contributed by atoms with E-state index in [1.807, 2.05) is 31.2 Å². The van der Waals surface area contributed by atoms with Crippen molar-refractivity contribution in [2.75, 3.05) is 19.7 Å². The quantitative estimate of drug-likeness (QED) is 0.744. The molecule has 4 nitrogen and oxygen atoms in total. The zero-order valence-corrected chi connectivity index (χ0v) is 12.0. The highest BCUT2D eigenvalue weighted by molar-refractivity contribution is 5.73. The molecule has 0 aromatic heterocycles. The van der Waals surface area contributed by atoms with Gasteiger partial charge in [0.2, 0.25) is 0 Å². The molecule has 106 valence electrons. The monoisotopic (exact) mass is 264 g/mol.